The first-order chi connectivity index (χ1) is 9.06. The van der Waals surface area contributed by atoms with E-state index in [1.165, 1.54) is 30.5 Å². The SMILES string of the molecule is Cc1ccc(C(N)CN(C)C2CCCN(C)C2)cc1. The third-order valence-electron chi connectivity index (χ3n) is 4.21. The molecule has 0 amide bonds. The minimum Gasteiger partial charge on any atom is -0.323 e. The minimum absolute atomic E-state index is 0.109. The van der Waals surface area contributed by atoms with Crippen molar-refractivity contribution in [1.82, 2.24) is 9.80 Å². The molecular formula is C16H27N3. The summed E-state index contributed by atoms with van der Waals surface area (Å²) in [6, 6.07) is 9.35. The summed E-state index contributed by atoms with van der Waals surface area (Å²) in [6.45, 7) is 5.44. The molecule has 0 saturated carbocycles. The number of likely N-dealkylation sites (N-methyl/N-ethyl adjacent to an activating group) is 2. The van der Waals surface area contributed by atoms with Gasteiger partial charge >= 0.3 is 0 Å². The van der Waals surface area contributed by atoms with Gasteiger partial charge in [-0.1, -0.05) is 29.8 Å². The molecule has 1 aromatic carbocycles. The Labute approximate surface area is 117 Å². The van der Waals surface area contributed by atoms with Gasteiger partial charge in [0.15, 0.2) is 0 Å². The highest BCUT2D eigenvalue weighted by atomic mass is 15.2. The van der Waals surface area contributed by atoms with E-state index in [9.17, 15) is 0 Å². The summed E-state index contributed by atoms with van der Waals surface area (Å²) in [7, 11) is 4.41. The molecule has 106 valence electrons. The molecule has 19 heavy (non-hydrogen) atoms. The molecule has 2 atom stereocenters. The van der Waals surface area contributed by atoms with Gasteiger partial charge in [0.05, 0.1) is 0 Å². The molecule has 1 saturated heterocycles. The first kappa shape index (κ1) is 14.5. The lowest BCUT2D eigenvalue weighted by atomic mass is 10.0. The molecule has 0 bridgehead atoms. The Morgan fingerprint density at radius 3 is 2.68 bits per heavy atom. The second-order valence-electron chi connectivity index (χ2n) is 6.02. The van der Waals surface area contributed by atoms with Crippen LogP contribution in [0, 0.1) is 6.92 Å². The van der Waals surface area contributed by atoms with Gasteiger partial charge < -0.3 is 15.5 Å². The lowest BCUT2D eigenvalue weighted by Crippen LogP contribution is -2.46. The van der Waals surface area contributed by atoms with E-state index in [0.717, 1.165) is 13.1 Å². The molecule has 1 heterocycles. The summed E-state index contributed by atoms with van der Waals surface area (Å²) < 4.78 is 0. The lowest BCUT2D eigenvalue weighted by Gasteiger charge is -2.37. The Bertz CT molecular complexity index is 387. The van der Waals surface area contributed by atoms with Gasteiger partial charge in [-0.2, -0.15) is 0 Å². The number of likely N-dealkylation sites (tertiary alicyclic amines) is 1. The molecule has 0 aliphatic carbocycles. The number of nitrogens with zero attached hydrogens (tertiary/aromatic N) is 2. The van der Waals surface area contributed by atoms with Crippen molar-refractivity contribution in [3.8, 4) is 0 Å². The highest BCUT2D eigenvalue weighted by Crippen LogP contribution is 2.17. The molecule has 3 nitrogen and oxygen atoms in total. The average molecular weight is 261 g/mol. The van der Waals surface area contributed by atoms with Gasteiger partial charge in [0.1, 0.15) is 0 Å². The number of rotatable bonds is 4. The Morgan fingerprint density at radius 2 is 2.05 bits per heavy atom. The highest BCUT2D eigenvalue weighted by Gasteiger charge is 2.22. The van der Waals surface area contributed by atoms with E-state index in [-0.39, 0.29) is 6.04 Å². The number of aryl methyl sites for hydroxylation is 1. The molecule has 1 aliphatic rings. The van der Waals surface area contributed by atoms with E-state index in [2.05, 4.69) is 55.1 Å². The molecule has 3 heteroatoms. The average Bonchev–Trinajstić information content (AvgIpc) is 2.39. The Morgan fingerprint density at radius 1 is 1.37 bits per heavy atom. The van der Waals surface area contributed by atoms with Gasteiger partial charge in [-0.25, -0.2) is 0 Å². The van der Waals surface area contributed by atoms with Crippen LogP contribution in [0.5, 0.6) is 0 Å². The summed E-state index contributed by atoms with van der Waals surface area (Å²) >= 11 is 0. The van der Waals surface area contributed by atoms with E-state index in [1.807, 2.05) is 0 Å². The maximum absolute atomic E-state index is 6.33. The van der Waals surface area contributed by atoms with Crippen molar-refractivity contribution in [3.05, 3.63) is 35.4 Å². The fourth-order valence-corrected chi connectivity index (χ4v) is 2.88. The fraction of sp³-hybridized carbons (Fsp3) is 0.625. The second kappa shape index (κ2) is 6.51. The summed E-state index contributed by atoms with van der Waals surface area (Å²) in [5, 5.41) is 0. The van der Waals surface area contributed by atoms with E-state index < -0.39 is 0 Å². The van der Waals surface area contributed by atoms with E-state index in [1.54, 1.807) is 0 Å². The first-order valence-corrected chi connectivity index (χ1v) is 7.27. The quantitative estimate of drug-likeness (QED) is 0.900. The molecule has 2 N–H and O–H groups in total. The zero-order valence-corrected chi connectivity index (χ0v) is 12.5. The zero-order chi connectivity index (χ0) is 13.8. The molecule has 1 fully saturated rings. The van der Waals surface area contributed by atoms with Crippen LogP contribution in [0.4, 0.5) is 0 Å². The van der Waals surface area contributed by atoms with Crippen molar-refractivity contribution < 1.29 is 0 Å². The summed E-state index contributed by atoms with van der Waals surface area (Å²) in [5.74, 6) is 0. The summed E-state index contributed by atoms with van der Waals surface area (Å²) in [6.07, 6.45) is 2.59. The third kappa shape index (κ3) is 4.03. The predicted octanol–water partition coefficient (Wildman–Crippen LogP) is 2.02. The van der Waals surface area contributed by atoms with Crippen LogP contribution in [-0.2, 0) is 0 Å². The largest absolute Gasteiger partial charge is 0.323 e. The van der Waals surface area contributed by atoms with Crippen molar-refractivity contribution in [2.24, 2.45) is 5.73 Å². The van der Waals surface area contributed by atoms with Crippen LogP contribution in [0.1, 0.15) is 30.0 Å². The first-order valence-electron chi connectivity index (χ1n) is 7.27. The molecule has 2 unspecified atom stereocenters. The molecule has 0 radical (unpaired) electrons. The number of hydrogen-bond acceptors (Lipinski definition) is 3. The molecule has 1 aromatic rings. The number of hydrogen-bond donors (Lipinski definition) is 1. The van der Waals surface area contributed by atoms with Crippen molar-refractivity contribution in [2.75, 3.05) is 33.7 Å². The Hall–Kier alpha value is -0.900. The molecule has 0 spiro atoms. The summed E-state index contributed by atoms with van der Waals surface area (Å²) in [5.41, 5.74) is 8.86. The van der Waals surface area contributed by atoms with Gasteiger partial charge in [-0.3, -0.25) is 0 Å². The summed E-state index contributed by atoms with van der Waals surface area (Å²) in [4.78, 5) is 4.85. The van der Waals surface area contributed by atoms with Crippen LogP contribution in [-0.4, -0.2) is 49.6 Å². The normalized spacial score (nSPS) is 22.7. The van der Waals surface area contributed by atoms with Crippen molar-refractivity contribution in [2.45, 2.75) is 31.8 Å². The lowest BCUT2D eigenvalue weighted by molar-refractivity contribution is 0.129. The Kier molecular flexibility index (Phi) is 4.97. The maximum Gasteiger partial charge on any atom is 0.0424 e. The van der Waals surface area contributed by atoms with Gasteiger partial charge in [0.2, 0.25) is 0 Å². The molecule has 0 aromatic heterocycles. The van der Waals surface area contributed by atoms with Crippen LogP contribution in [0.2, 0.25) is 0 Å². The zero-order valence-electron chi connectivity index (χ0n) is 12.5. The number of benzene rings is 1. The highest BCUT2D eigenvalue weighted by molar-refractivity contribution is 5.24. The number of piperidine rings is 1. The third-order valence-corrected chi connectivity index (χ3v) is 4.21. The monoisotopic (exact) mass is 261 g/mol. The fourth-order valence-electron chi connectivity index (χ4n) is 2.88. The molecule has 1 aliphatic heterocycles. The van der Waals surface area contributed by atoms with Crippen LogP contribution in [0.15, 0.2) is 24.3 Å². The van der Waals surface area contributed by atoms with Crippen LogP contribution >= 0.6 is 0 Å². The maximum atomic E-state index is 6.33. The van der Waals surface area contributed by atoms with Crippen molar-refractivity contribution in [3.63, 3.8) is 0 Å². The number of nitrogens with two attached hydrogens (primary N) is 1. The van der Waals surface area contributed by atoms with Crippen molar-refractivity contribution in [1.29, 1.82) is 0 Å². The smallest absolute Gasteiger partial charge is 0.0424 e. The minimum atomic E-state index is 0.109. The van der Waals surface area contributed by atoms with Crippen molar-refractivity contribution >= 4 is 0 Å². The Balaban J connectivity index is 1.90. The second-order valence-corrected chi connectivity index (χ2v) is 6.02. The van der Waals surface area contributed by atoms with Gasteiger partial charge in [-0.05, 0) is 46.0 Å². The van der Waals surface area contributed by atoms with Gasteiger partial charge in [0.25, 0.3) is 0 Å². The molecule has 2 rings (SSSR count). The van der Waals surface area contributed by atoms with Crippen LogP contribution < -0.4 is 5.73 Å². The van der Waals surface area contributed by atoms with E-state index in [4.69, 9.17) is 5.73 Å². The standard InChI is InChI=1S/C16H27N3/c1-13-6-8-14(9-7-13)16(17)12-19(3)15-5-4-10-18(2)11-15/h6-9,15-16H,4-5,10-12,17H2,1-3H3. The van der Waals surface area contributed by atoms with Gasteiger partial charge in [0, 0.05) is 25.2 Å². The topological polar surface area (TPSA) is 32.5 Å². The van der Waals surface area contributed by atoms with Crippen LogP contribution in [0.25, 0.3) is 0 Å². The van der Waals surface area contributed by atoms with E-state index >= 15 is 0 Å². The van der Waals surface area contributed by atoms with Crippen LogP contribution in [0.3, 0.4) is 0 Å². The molecular weight excluding hydrogens is 234 g/mol. The van der Waals surface area contributed by atoms with E-state index in [0.29, 0.717) is 6.04 Å². The predicted molar refractivity (Wildman–Crippen MR) is 81.3 cm³/mol. The van der Waals surface area contributed by atoms with Gasteiger partial charge in [-0.15, -0.1) is 0 Å².